The molecule has 2 aliphatic heterocycles. The third kappa shape index (κ3) is 2.91. The number of hydrogen-bond acceptors (Lipinski definition) is 4. The van der Waals surface area contributed by atoms with Gasteiger partial charge < -0.3 is 10.2 Å². The molecule has 1 aromatic rings. The fourth-order valence-corrected chi connectivity index (χ4v) is 4.08. The van der Waals surface area contributed by atoms with Crippen LogP contribution < -0.4 is 10.5 Å². The van der Waals surface area contributed by atoms with Crippen LogP contribution in [0.4, 0.5) is 0 Å². The van der Waals surface area contributed by atoms with Gasteiger partial charge in [-0.1, -0.05) is 6.07 Å². The van der Waals surface area contributed by atoms with Crippen LogP contribution in [0.2, 0.25) is 0 Å². The molecule has 0 radical (unpaired) electrons. The van der Waals surface area contributed by atoms with Gasteiger partial charge in [-0.15, -0.1) is 0 Å². The van der Waals surface area contributed by atoms with Crippen LogP contribution in [0, 0.1) is 12.3 Å². The van der Waals surface area contributed by atoms with Crippen molar-refractivity contribution in [2.24, 2.45) is 10.6 Å². The summed E-state index contributed by atoms with van der Waals surface area (Å²) in [7, 11) is -3.87. The number of nitrogens with one attached hydrogen (secondary N) is 1. The number of nitrogens with zero attached hydrogens (tertiary/aromatic N) is 1. The predicted octanol–water partition coefficient (Wildman–Crippen LogP) is 0.385. The summed E-state index contributed by atoms with van der Waals surface area (Å²) in [6, 6.07) is 4.28. The summed E-state index contributed by atoms with van der Waals surface area (Å²) in [5.74, 6) is -0.243. The topological polar surface area (TPSA) is 110 Å². The predicted molar refractivity (Wildman–Crippen MR) is 87.7 cm³/mol. The van der Waals surface area contributed by atoms with E-state index in [0.29, 0.717) is 37.2 Å². The van der Waals surface area contributed by atoms with E-state index in [0.717, 1.165) is 12.8 Å². The standard InChI is InChI=1S/C16H21N3O4S/c1-11-3-4-12(24(17,22)23)9-13(11)14(20)19-8-6-16(10-19)5-2-7-18-15(16)21/h3-4,9H,2,5-8,10H2,1H3,(H,18,21)(H2,17,22,23)/t16-/m1/s1. The van der Waals surface area contributed by atoms with Crippen LogP contribution in [-0.2, 0) is 14.8 Å². The van der Waals surface area contributed by atoms with Crippen LogP contribution in [0.15, 0.2) is 23.1 Å². The summed E-state index contributed by atoms with van der Waals surface area (Å²) in [6.07, 6.45) is 2.32. The largest absolute Gasteiger partial charge is 0.356 e. The molecule has 2 heterocycles. The van der Waals surface area contributed by atoms with Gasteiger partial charge in [-0.2, -0.15) is 0 Å². The first-order chi connectivity index (χ1) is 11.2. The van der Waals surface area contributed by atoms with Crippen molar-refractivity contribution in [1.29, 1.82) is 0 Å². The van der Waals surface area contributed by atoms with Crippen LogP contribution in [-0.4, -0.2) is 44.8 Å². The molecule has 1 atom stereocenters. The van der Waals surface area contributed by atoms with Gasteiger partial charge in [-0.05, 0) is 43.9 Å². The molecule has 7 nitrogen and oxygen atoms in total. The van der Waals surface area contributed by atoms with Crippen molar-refractivity contribution in [3.63, 3.8) is 0 Å². The van der Waals surface area contributed by atoms with E-state index < -0.39 is 15.4 Å². The van der Waals surface area contributed by atoms with Crippen molar-refractivity contribution >= 4 is 21.8 Å². The number of nitrogens with two attached hydrogens (primary N) is 1. The highest BCUT2D eigenvalue weighted by molar-refractivity contribution is 7.89. The Morgan fingerprint density at radius 3 is 2.75 bits per heavy atom. The Morgan fingerprint density at radius 2 is 2.08 bits per heavy atom. The minimum absolute atomic E-state index is 0.0130. The fourth-order valence-electron chi connectivity index (χ4n) is 3.54. The summed E-state index contributed by atoms with van der Waals surface area (Å²) >= 11 is 0. The van der Waals surface area contributed by atoms with Crippen molar-refractivity contribution in [2.45, 2.75) is 31.1 Å². The second kappa shape index (κ2) is 5.86. The molecule has 24 heavy (non-hydrogen) atoms. The monoisotopic (exact) mass is 351 g/mol. The normalized spacial score (nSPS) is 24.2. The highest BCUT2D eigenvalue weighted by Crippen LogP contribution is 2.38. The Labute approximate surface area is 141 Å². The van der Waals surface area contributed by atoms with Crippen molar-refractivity contribution in [3.8, 4) is 0 Å². The second-order valence-corrected chi connectivity index (χ2v) is 8.20. The molecule has 2 aliphatic rings. The van der Waals surface area contributed by atoms with Gasteiger partial charge in [0.2, 0.25) is 15.9 Å². The number of amides is 2. The van der Waals surface area contributed by atoms with Crippen LogP contribution in [0.5, 0.6) is 0 Å². The minimum atomic E-state index is -3.87. The Bertz CT molecular complexity index is 806. The molecule has 0 bridgehead atoms. The Kier molecular flexibility index (Phi) is 4.13. The number of carbonyl (C=O) groups is 2. The summed E-state index contributed by atoms with van der Waals surface area (Å²) in [5.41, 5.74) is 0.496. The molecule has 2 saturated heterocycles. The summed E-state index contributed by atoms with van der Waals surface area (Å²) in [5, 5.41) is 8.04. The molecule has 0 unspecified atom stereocenters. The summed E-state index contributed by atoms with van der Waals surface area (Å²) in [4.78, 5) is 26.6. The number of rotatable bonds is 2. The lowest BCUT2D eigenvalue weighted by Crippen LogP contribution is -2.47. The third-order valence-corrected chi connectivity index (χ3v) is 5.92. The lowest BCUT2D eigenvalue weighted by atomic mass is 9.79. The number of aryl methyl sites for hydroxylation is 1. The first-order valence-corrected chi connectivity index (χ1v) is 9.49. The minimum Gasteiger partial charge on any atom is -0.356 e. The highest BCUT2D eigenvalue weighted by atomic mass is 32.2. The first-order valence-electron chi connectivity index (χ1n) is 7.94. The molecule has 3 N–H and O–H groups in total. The SMILES string of the molecule is Cc1ccc(S(N)(=O)=O)cc1C(=O)N1CC[C@]2(CCCNC2=O)C1. The van der Waals surface area contributed by atoms with Gasteiger partial charge in [0.1, 0.15) is 0 Å². The zero-order valence-electron chi connectivity index (χ0n) is 13.5. The van der Waals surface area contributed by atoms with Crippen molar-refractivity contribution in [1.82, 2.24) is 10.2 Å². The van der Waals surface area contributed by atoms with Gasteiger partial charge >= 0.3 is 0 Å². The van der Waals surface area contributed by atoms with E-state index in [1.165, 1.54) is 12.1 Å². The van der Waals surface area contributed by atoms with Crippen LogP contribution in [0.3, 0.4) is 0 Å². The maximum atomic E-state index is 12.8. The smallest absolute Gasteiger partial charge is 0.254 e. The summed E-state index contributed by atoms with van der Waals surface area (Å²) < 4.78 is 23.1. The molecular formula is C16H21N3O4S. The number of primary sulfonamides is 1. The van der Waals surface area contributed by atoms with Crippen molar-refractivity contribution in [3.05, 3.63) is 29.3 Å². The van der Waals surface area contributed by atoms with E-state index in [-0.39, 0.29) is 16.7 Å². The Morgan fingerprint density at radius 1 is 1.33 bits per heavy atom. The molecule has 1 spiro atoms. The highest BCUT2D eigenvalue weighted by Gasteiger charge is 2.47. The average Bonchev–Trinajstić information content (AvgIpc) is 2.94. The zero-order valence-corrected chi connectivity index (χ0v) is 14.4. The molecule has 3 rings (SSSR count). The van der Waals surface area contributed by atoms with Gasteiger partial charge in [0.25, 0.3) is 5.91 Å². The van der Waals surface area contributed by atoms with Crippen LogP contribution in [0.1, 0.15) is 35.2 Å². The maximum absolute atomic E-state index is 12.8. The fraction of sp³-hybridized carbons (Fsp3) is 0.500. The van der Waals surface area contributed by atoms with Gasteiger partial charge in [-0.3, -0.25) is 9.59 Å². The number of benzene rings is 1. The first kappa shape index (κ1) is 16.9. The lowest BCUT2D eigenvalue weighted by Gasteiger charge is -2.32. The third-order valence-electron chi connectivity index (χ3n) is 5.01. The van der Waals surface area contributed by atoms with Crippen molar-refractivity contribution in [2.75, 3.05) is 19.6 Å². The molecule has 2 amide bonds. The average molecular weight is 351 g/mol. The molecule has 2 fully saturated rings. The number of hydrogen-bond donors (Lipinski definition) is 2. The van der Waals surface area contributed by atoms with Gasteiger partial charge in [-0.25, -0.2) is 13.6 Å². The lowest BCUT2D eigenvalue weighted by molar-refractivity contribution is -0.132. The van der Waals surface area contributed by atoms with Gasteiger partial charge in [0, 0.05) is 25.2 Å². The number of piperidine rings is 1. The van der Waals surface area contributed by atoms with Crippen LogP contribution >= 0.6 is 0 Å². The Hall–Kier alpha value is -1.93. The summed E-state index contributed by atoms with van der Waals surface area (Å²) in [6.45, 7) is 3.30. The Balaban J connectivity index is 1.87. The molecule has 8 heteroatoms. The van der Waals surface area contributed by atoms with E-state index in [2.05, 4.69) is 5.32 Å². The van der Waals surface area contributed by atoms with Gasteiger partial charge in [0.05, 0.1) is 10.3 Å². The number of sulfonamides is 1. The molecule has 0 saturated carbocycles. The number of carbonyl (C=O) groups excluding carboxylic acids is 2. The quantitative estimate of drug-likeness (QED) is 0.803. The van der Waals surface area contributed by atoms with E-state index in [1.807, 2.05) is 0 Å². The van der Waals surface area contributed by atoms with E-state index in [4.69, 9.17) is 5.14 Å². The molecule has 0 aliphatic carbocycles. The van der Waals surface area contributed by atoms with Crippen molar-refractivity contribution < 1.29 is 18.0 Å². The van der Waals surface area contributed by atoms with E-state index >= 15 is 0 Å². The molecule has 130 valence electrons. The number of likely N-dealkylation sites (tertiary alicyclic amines) is 1. The van der Waals surface area contributed by atoms with E-state index in [1.54, 1.807) is 17.9 Å². The molecule has 1 aromatic carbocycles. The van der Waals surface area contributed by atoms with Crippen LogP contribution in [0.25, 0.3) is 0 Å². The zero-order chi connectivity index (χ0) is 17.5. The maximum Gasteiger partial charge on any atom is 0.254 e. The van der Waals surface area contributed by atoms with E-state index in [9.17, 15) is 18.0 Å². The molecule has 0 aromatic heterocycles. The second-order valence-electron chi connectivity index (χ2n) is 6.64. The molecular weight excluding hydrogens is 330 g/mol. The van der Waals surface area contributed by atoms with Gasteiger partial charge in [0.15, 0.2) is 0 Å².